The van der Waals surface area contributed by atoms with E-state index in [9.17, 15) is 39.9 Å². The Kier molecular flexibility index (Phi) is 6.53. The number of primary amides is 1. The van der Waals surface area contributed by atoms with Gasteiger partial charge in [-0.15, -0.1) is 11.3 Å². The maximum absolute atomic E-state index is 14.0. The van der Waals surface area contributed by atoms with Gasteiger partial charge in [0.25, 0.3) is 5.91 Å². The number of phenols is 1. The molecular formula is C27H30N4O8S. The number of fused-ring (bicyclic) bond motifs is 3. The van der Waals surface area contributed by atoms with Gasteiger partial charge in [-0.25, -0.2) is 4.98 Å². The highest BCUT2D eigenvalue weighted by atomic mass is 32.1. The van der Waals surface area contributed by atoms with Crippen LogP contribution in [0.25, 0.3) is 5.76 Å². The standard InChI is InChI=1S/C27H30N4O8S/c1-5-10-8-40-26(29-10)30-12-7-6-11-9(2)13-15(20(33)14(11)19(12)32)23(36)27(39)17(21(13)34)18(31(3)4)22(35)16(24(27)37)25(28)38/h6-9,13,17-18,21,32-34,37,39H,5H2,1-4H3,(H2,28,38)(H,29,30)/t9-,13+,17+,18-,21-,27-/m0/s1. The largest absolute Gasteiger partial charge is 0.508 e. The van der Waals surface area contributed by atoms with Gasteiger partial charge in [0.2, 0.25) is 5.78 Å². The molecule has 40 heavy (non-hydrogen) atoms. The topological polar surface area (TPSA) is 207 Å². The zero-order valence-electron chi connectivity index (χ0n) is 22.2. The van der Waals surface area contributed by atoms with Gasteiger partial charge >= 0.3 is 0 Å². The normalized spacial score (nSPS) is 29.8. The summed E-state index contributed by atoms with van der Waals surface area (Å²) in [4.78, 5) is 45.1. The Morgan fingerprint density at radius 1 is 1.23 bits per heavy atom. The van der Waals surface area contributed by atoms with E-state index in [1.54, 1.807) is 19.1 Å². The molecule has 2 aromatic rings. The molecule has 0 aliphatic heterocycles. The molecule has 1 saturated carbocycles. The van der Waals surface area contributed by atoms with Gasteiger partial charge in [0, 0.05) is 16.9 Å². The van der Waals surface area contributed by atoms with Crippen molar-refractivity contribution in [3.8, 4) is 5.75 Å². The van der Waals surface area contributed by atoms with Crippen LogP contribution in [0, 0.1) is 11.8 Å². The predicted octanol–water partition coefficient (Wildman–Crippen LogP) is 1.26. The molecule has 1 aromatic carbocycles. The van der Waals surface area contributed by atoms with Crippen LogP contribution in [-0.4, -0.2) is 84.7 Å². The SMILES string of the molecule is CCc1csc(Nc2ccc3c(c2O)C(O)=C2C(=O)[C@]4(O)C(O)=C(C(N)=O)C(=O)[C@@H](N(C)C)[C@@H]4[C@@H](O)[C@@H]2[C@H]3C)n1. The summed E-state index contributed by atoms with van der Waals surface area (Å²) >= 11 is 1.32. The summed E-state index contributed by atoms with van der Waals surface area (Å²) < 4.78 is 0. The highest BCUT2D eigenvalue weighted by Crippen LogP contribution is 2.56. The molecular weight excluding hydrogens is 540 g/mol. The Hall–Kier alpha value is -3.78. The van der Waals surface area contributed by atoms with E-state index in [0.29, 0.717) is 17.1 Å². The zero-order valence-corrected chi connectivity index (χ0v) is 23.0. The summed E-state index contributed by atoms with van der Waals surface area (Å²) in [6.07, 6.45) is -0.924. The van der Waals surface area contributed by atoms with E-state index in [1.165, 1.54) is 30.3 Å². The second-order valence-electron chi connectivity index (χ2n) is 10.6. The number of aryl methyl sites for hydroxylation is 1. The molecule has 1 heterocycles. The van der Waals surface area contributed by atoms with Crippen LogP contribution in [0.4, 0.5) is 10.8 Å². The lowest BCUT2D eigenvalue weighted by molar-refractivity contribution is -0.169. The van der Waals surface area contributed by atoms with Gasteiger partial charge in [0.15, 0.2) is 16.5 Å². The Labute approximate surface area is 233 Å². The summed E-state index contributed by atoms with van der Waals surface area (Å²) in [5.74, 6) is -9.26. The van der Waals surface area contributed by atoms with E-state index < -0.39 is 75.6 Å². The number of nitrogens with one attached hydrogen (secondary N) is 1. The van der Waals surface area contributed by atoms with Crippen molar-refractivity contribution in [1.82, 2.24) is 9.88 Å². The van der Waals surface area contributed by atoms with Gasteiger partial charge in [0.05, 0.1) is 35.0 Å². The number of hydrogen-bond acceptors (Lipinski definition) is 12. The van der Waals surface area contributed by atoms with Crippen LogP contribution in [0.2, 0.25) is 0 Å². The molecule has 12 nitrogen and oxygen atoms in total. The Bertz CT molecular complexity index is 1530. The molecule has 3 aliphatic carbocycles. The van der Waals surface area contributed by atoms with Gasteiger partial charge in [0.1, 0.15) is 22.8 Å². The van der Waals surface area contributed by atoms with Crippen LogP contribution in [0.5, 0.6) is 5.75 Å². The second-order valence-corrected chi connectivity index (χ2v) is 11.5. The summed E-state index contributed by atoms with van der Waals surface area (Å²) in [7, 11) is 2.92. The van der Waals surface area contributed by atoms with Crippen LogP contribution in [0.1, 0.15) is 36.6 Å². The first kappa shape index (κ1) is 27.8. The minimum Gasteiger partial charge on any atom is -0.508 e. The molecule has 0 spiro atoms. The number of nitrogens with zero attached hydrogens (tertiary/aromatic N) is 2. The number of benzene rings is 1. The van der Waals surface area contributed by atoms with Crippen LogP contribution in [0.3, 0.4) is 0 Å². The molecule has 0 radical (unpaired) electrons. The first-order chi connectivity index (χ1) is 18.8. The summed E-state index contributed by atoms with van der Waals surface area (Å²) in [5, 5.41) is 62.4. The number of aliphatic hydroxyl groups excluding tert-OH is 3. The lowest BCUT2D eigenvalue weighted by Gasteiger charge is -2.53. The molecule has 6 atom stereocenters. The quantitative estimate of drug-likeness (QED) is 0.201. The van der Waals surface area contributed by atoms with Gasteiger partial charge in [-0.05, 0) is 38.1 Å². The monoisotopic (exact) mass is 570 g/mol. The predicted molar refractivity (Wildman–Crippen MR) is 145 cm³/mol. The number of carbonyl (C=O) groups is 3. The highest BCUT2D eigenvalue weighted by Gasteiger charge is 2.68. The van der Waals surface area contributed by atoms with Gasteiger partial charge < -0.3 is 36.6 Å². The van der Waals surface area contributed by atoms with Crippen LogP contribution < -0.4 is 11.1 Å². The van der Waals surface area contributed by atoms with Gasteiger partial charge in [-0.2, -0.15) is 0 Å². The number of aliphatic hydroxyl groups is 4. The molecule has 0 saturated heterocycles. The van der Waals surface area contributed by atoms with E-state index in [0.717, 1.165) is 5.69 Å². The number of likely N-dealkylation sites (N-methyl/N-ethyl adjacent to an activating group) is 1. The lowest BCUT2D eigenvalue weighted by atomic mass is 9.54. The number of rotatable bonds is 5. The van der Waals surface area contributed by atoms with Crippen molar-refractivity contribution in [1.29, 1.82) is 0 Å². The lowest BCUT2D eigenvalue weighted by Crippen LogP contribution is -2.70. The third kappa shape index (κ3) is 3.61. The zero-order chi connectivity index (χ0) is 29.4. The van der Waals surface area contributed by atoms with Crippen molar-refractivity contribution in [2.45, 2.75) is 43.9 Å². The van der Waals surface area contributed by atoms with E-state index in [4.69, 9.17) is 5.73 Å². The maximum Gasteiger partial charge on any atom is 0.255 e. The first-order valence-corrected chi connectivity index (χ1v) is 13.5. The fraction of sp³-hybridized carbons (Fsp3) is 0.407. The fourth-order valence-electron chi connectivity index (χ4n) is 6.36. The number of nitrogens with two attached hydrogens (primary N) is 1. The number of amides is 1. The number of anilines is 2. The number of phenolic OH excluding ortho intramolecular Hbond substituents is 1. The fourth-order valence-corrected chi connectivity index (χ4v) is 7.17. The molecule has 8 N–H and O–H groups in total. The Balaban J connectivity index is 1.71. The molecule has 1 amide bonds. The first-order valence-electron chi connectivity index (χ1n) is 12.7. The number of hydrogen-bond donors (Lipinski definition) is 7. The minimum atomic E-state index is -2.95. The molecule has 13 heteroatoms. The number of carbonyl (C=O) groups excluding carboxylic acids is 3. The van der Waals surface area contributed by atoms with Gasteiger partial charge in [-0.3, -0.25) is 19.3 Å². The third-order valence-corrected chi connectivity index (χ3v) is 9.09. The van der Waals surface area contributed by atoms with Crippen molar-refractivity contribution >= 4 is 45.4 Å². The molecule has 0 unspecified atom stereocenters. The highest BCUT2D eigenvalue weighted by molar-refractivity contribution is 7.13. The summed E-state index contributed by atoms with van der Waals surface area (Å²) in [6.45, 7) is 3.63. The number of ketones is 2. The van der Waals surface area contributed by atoms with Crippen molar-refractivity contribution in [2.75, 3.05) is 19.4 Å². The molecule has 1 fully saturated rings. The molecule has 5 rings (SSSR count). The number of thiazole rings is 1. The third-order valence-electron chi connectivity index (χ3n) is 8.29. The van der Waals surface area contributed by atoms with Crippen molar-refractivity contribution in [3.63, 3.8) is 0 Å². The van der Waals surface area contributed by atoms with Crippen molar-refractivity contribution < 1.29 is 39.9 Å². The molecule has 3 aliphatic rings. The van der Waals surface area contributed by atoms with Crippen molar-refractivity contribution in [3.05, 3.63) is 51.2 Å². The number of aromatic nitrogens is 1. The van der Waals surface area contributed by atoms with E-state index in [1.807, 2.05) is 12.3 Å². The van der Waals surface area contributed by atoms with E-state index in [-0.39, 0.29) is 17.0 Å². The molecule has 0 bridgehead atoms. The number of aromatic hydroxyl groups is 1. The smallest absolute Gasteiger partial charge is 0.255 e. The molecule has 212 valence electrons. The van der Waals surface area contributed by atoms with E-state index >= 15 is 0 Å². The van der Waals surface area contributed by atoms with Crippen LogP contribution in [0.15, 0.2) is 34.4 Å². The Morgan fingerprint density at radius 3 is 2.48 bits per heavy atom. The molecule has 1 aromatic heterocycles. The van der Waals surface area contributed by atoms with Crippen molar-refractivity contribution in [2.24, 2.45) is 17.6 Å². The maximum atomic E-state index is 14.0. The Morgan fingerprint density at radius 2 is 1.90 bits per heavy atom. The average Bonchev–Trinajstić information content (AvgIpc) is 3.34. The van der Waals surface area contributed by atoms with Crippen LogP contribution in [-0.2, 0) is 20.8 Å². The second kappa shape index (κ2) is 9.41. The minimum absolute atomic E-state index is 0.0896. The van der Waals surface area contributed by atoms with Gasteiger partial charge in [-0.1, -0.05) is 19.9 Å². The number of Topliss-reactive ketones (excluding diaryl/α,β-unsaturated/α-hetero) is 2. The average molecular weight is 571 g/mol. The van der Waals surface area contributed by atoms with Crippen LogP contribution >= 0.6 is 11.3 Å². The summed E-state index contributed by atoms with van der Waals surface area (Å²) in [6, 6.07) is 1.83. The van der Waals surface area contributed by atoms with E-state index in [2.05, 4.69) is 10.3 Å². The summed E-state index contributed by atoms with van der Waals surface area (Å²) in [5.41, 5.74) is 2.37.